The number of carbonyl (C=O) groups excluding carboxylic acids is 1. The summed E-state index contributed by atoms with van der Waals surface area (Å²) in [6.07, 6.45) is 3.83. The van der Waals surface area contributed by atoms with Gasteiger partial charge in [-0.25, -0.2) is 0 Å². The van der Waals surface area contributed by atoms with Crippen LogP contribution in [0, 0.1) is 5.92 Å². The van der Waals surface area contributed by atoms with Gasteiger partial charge in [0.2, 0.25) is 0 Å². The van der Waals surface area contributed by atoms with Crippen LogP contribution >= 0.6 is 0 Å². The fourth-order valence-electron chi connectivity index (χ4n) is 1.56. The molecule has 0 radical (unpaired) electrons. The lowest BCUT2D eigenvalue weighted by atomic mass is 9.99. The molecular formula is C14H19NO. The molecule has 0 aliphatic carbocycles. The third-order valence-electron chi connectivity index (χ3n) is 2.56. The first-order valence-electron chi connectivity index (χ1n) is 5.50. The molecule has 1 aromatic rings. The normalized spacial score (nSPS) is 12.8. The second-order valence-electron chi connectivity index (χ2n) is 4.12. The van der Waals surface area contributed by atoms with Gasteiger partial charge in [-0.05, 0) is 31.2 Å². The molecule has 16 heavy (non-hydrogen) atoms. The molecule has 0 bridgehead atoms. The largest absolute Gasteiger partial charge is 0.378 e. The summed E-state index contributed by atoms with van der Waals surface area (Å²) in [4.78, 5) is 14.0. The Hall–Kier alpha value is -1.57. The van der Waals surface area contributed by atoms with E-state index in [-0.39, 0.29) is 11.7 Å². The van der Waals surface area contributed by atoms with Crippen LogP contribution in [-0.2, 0) is 0 Å². The van der Waals surface area contributed by atoms with Crippen LogP contribution in [-0.4, -0.2) is 19.9 Å². The van der Waals surface area contributed by atoms with Crippen LogP contribution < -0.4 is 4.90 Å². The number of Topliss-reactive ketones (excluding diaryl/α,β-unsaturated/α-hetero) is 1. The number of rotatable bonds is 4. The molecule has 0 aliphatic rings. The molecule has 0 spiro atoms. The fraction of sp³-hybridized carbons (Fsp3) is 0.357. The van der Waals surface area contributed by atoms with E-state index >= 15 is 0 Å². The molecule has 86 valence electrons. The summed E-state index contributed by atoms with van der Waals surface area (Å²) in [5.41, 5.74) is 1.88. The highest BCUT2D eigenvalue weighted by atomic mass is 16.1. The molecule has 0 unspecified atom stereocenters. The maximum Gasteiger partial charge on any atom is 0.169 e. The number of anilines is 1. The van der Waals surface area contributed by atoms with E-state index in [1.54, 1.807) is 0 Å². The van der Waals surface area contributed by atoms with E-state index in [0.29, 0.717) is 0 Å². The van der Waals surface area contributed by atoms with Crippen molar-refractivity contribution in [2.45, 2.75) is 13.8 Å². The average Bonchev–Trinajstić information content (AvgIpc) is 2.28. The van der Waals surface area contributed by atoms with Crippen molar-refractivity contribution in [2.24, 2.45) is 5.92 Å². The first-order chi connectivity index (χ1) is 7.56. The van der Waals surface area contributed by atoms with Crippen molar-refractivity contribution in [2.75, 3.05) is 19.0 Å². The van der Waals surface area contributed by atoms with Crippen molar-refractivity contribution in [3.05, 3.63) is 42.0 Å². The second-order valence-corrected chi connectivity index (χ2v) is 4.12. The summed E-state index contributed by atoms with van der Waals surface area (Å²) in [6, 6.07) is 7.71. The summed E-state index contributed by atoms with van der Waals surface area (Å²) >= 11 is 0. The van der Waals surface area contributed by atoms with E-state index in [4.69, 9.17) is 0 Å². The smallest absolute Gasteiger partial charge is 0.169 e. The van der Waals surface area contributed by atoms with Gasteiger partial charge in [0.25, 0.3) is 0 Å². The lowest BCUT2D eigenvalue weighted by Gasteiger charge is -2.13. The molecule has 2 nitrogen and oxygen atoms in total. The van der Waals surface area contributed by atoms with E-state index in [9.17, 15) is 4.79 Å². The number of nitrogens with zero attached hydrogens (tertiary/aromatic N) is 1. The molecule has 0 saturated heterocycles. The van der Waals surface area contributed by atoms with Gasteiger partial charge in [0.05, 0.1) is 0 Å². The Balaban J connectivity index is 2.85. The molecule has 1 atom stereocenters. The van der Waals surface area contributed by atoms with Crippen molar-refractivity contribution < 1.29 is 4.79 Å². The first kappa shape index (κ1) is 12.5. The van der Waals surface area contributed by atoms with Gasteiger partial charge in [-0.15, -0.1) is 0 Å². The number of hydrogen-bond donors (Lipinski definition) is 0. The van der Waals surface area contributed by atoms with Gasteiger partial charge in [0.15, 0.2) is 5.78 Å². The number of benzene rings is 1. The highest BCUT2D eigenvalue weighted by molar-refractivity contribution is 5.98. The van der Waals surface area contributed by atoms with Gasteiger partial charge in [-0.3, -0.25) is 4.79 Å². The van der Waals surface area contributed by atoms with Crippen molar-refractivity contribution in [3.8, 4) is 0 Å². The average molecular weight is 217 g/mol. The van der Waals surface area contributed by atoms with E-state index in [2.05, 4.69) is 0 Å². The summed E-state index contributed by atoms with van der Waals surface area (Å²) < 4.78 is 0. The molecule has 1 aromatic carbocycles. The molecule has 0 heterocycles. The van der Waals surface area contributed by atoms with E-state index in [1.807, 2.05) is 69.3 Å². The Bertz CT molecular complexity index is 376. The van der Waals surface area contributed by atoms with Crippen LogP contribution in [0.25, 0.3) is 0 Å². The van der Waals surface area contributed by atoms with Crippen molar-refractivity contribution >= 4 is 11.5 Å². The fourth-order valence-corrected chi connectivity index (χ4v) is 1.56. The topological polar surface area (TPSA) is 20.3 Å². The van der Waals surface area contributed by atoms with Gasteiger partial charge in [-0.2, -0.15) is 0 Å². The van der Waals surface area contributed by atoms with Crippen molar-refractivity contribution in [1.29, 1.82) is 0 Å². The van der Waals surface area contributed by atoms with Gasteiger partial charge < -0.3 is 4.90 Å². The molecule has 2 heteroatoms. The van der Waals surface area contributed by atoms with Gasteiger partial charge in [-0.1, -0.05) is 19.1 Å². The van der Waals surface area contributed by atoms with Crippen molar-refractivity contribution in [3.63, 3.8) is 0 Å². The maximum atomic E-state index is 12.0. The maximum absolute atomic E-state index is 12.0. The van der Waals surface area contributed by atoms with Crippen LogP contribution in [0.2, 0.25) is 0 Å². The molecule has 0 saturated carbocycles. The highest BCUT2D eigenvalue weighted by Crippen LogP contribution is 2.15. The highest BCUT2D eigenvalue weighted by Gasteiger charge is 2.11. The number of allylic oxidation sites excluding steroid dienone is 2. The third-order valence-corrected chi connectivity index (χ3v) is 2.56. The van der Waals surface area contributed by atoms with Crippen LogP contribution in [0.5, 0.6) is 0 Å². The first-order valence-corrected chi connectivity index (χ1v) is 5.50. The van der Waals surface area contributed by atoms with Crippen LogP contribution in [0.4, 0.5) is 5.69 Å². The van der Waals surface area contributed by atoms with Crippen LogP contribution in [0.3, 0.4) is 0 Å². The quantitative estimate of drug-likeness (QED) is 0.570. The molecule has 0 amide bonds. The standard InChI is InChI=1S/C14H19NO/c1-5-6-11(2)14(16)12-7-9-13(10-8-12)15(3)4/h5-11H,1-4H3/b6-5+/t11-/m1/s1. The minimum Gasteiger partial charge on any atom is -0.378 e. The van der Waals surface area contributed by atoms with Gasteiger partial charge in [0.1, 0.15) is 0 Å². The minimum absolute atomic E-state index is 0.0461. The Morgan fingerprint density at radius 2 is 1.81 bits per heavy atom. The van der Waals surface area contributed by atoms with E-state index < -0.39 is 0 Å². The molecule has 0 fully saturated rings. The van der Waals surface area contributed by atoms with Gasteiger partial charge in [0, 0.05) is 31.3 Å². The van der Waals surface area contributed by atoms with Crippen LogP contribution in [0.1, 0.15) is 24.2 Å². The Morgan fingerprint density at radius 3 is 2.25 bits per heavy atom. The van der Waals surface area contributed by atoms with Crippen molar-refractivity contribution in [1.82, 2.24) is 0 Å². The SMILES string of the molecule is C/C=C/[C@@H](C)C(=O)c1ccc(N(C)C)cc1. The lowest BCUT2D eigenvalue weighted by Crippen LogP contribution is -2.11. The molecule has 0 N–H and O–H groups in total. The molecular weight excluding hydrogens is 198 g/mol. The third kappa shape index (κ3) is 2.96. The summed E-state index contributed by atoms with van der Waals surface area (Å²) in [7, 11) is 3.97. The molecule has 0 aromatic heterocycles. The predicted octanol–water partition coefficient (Wildman–Crippen LogP) is 3.15. The van der Waals surface area contributed by atoms with Gasteiger partial charge >= 0.3 is 0 Å². The minimum atomic E-state index is -0.0461. The van der Waals surface area contributed by atoms with E-state index in [0.717, 1.165) is 11.3 Å². The Morgan fingerprint density at radius 1 is 1.25 bits per heavy atom. The zero-order valence-corrected chi connectivity index (χ0v) is 10.4. The zero-order valence-electron chi connectivity index (χ0n) is 10.4. The summed E-state index contributed by atoms with van der Waals surface area (Å²) in [5, 5.41) is 0. The van der Waals surface area contributed by atoms with Crippen LogP contribution in [0.15, 0.2) is 36.4 Å². The number of ketones is 1. The Kier molecular flexibility index (Phi) is 4.29. The van der Waals surface area contributed by atoms with E-state index in [1.165, 1.54) is 0 Å². The lowest BCUT2D eigenvalue weighted by molar-refractivity contribution is 0.0953. The monoisotopic (exact) mass is 217 g/mol. The number of carbonyl (C=O) groups is 1. The summed E-state index contributed by atoms with van der Waals surface area (Å²) in [6.45, 7) is 3.85. The summed E-state index contributed by atoms with van der Waals surface area (Å²) in [5.74, 6) is 0.124. The molecule has 1 rings (SSSR count). The Labute approximate surface area is 97.6 Å². The second kappa shape index (κ2) is 5.50. The zero-order chi connectivity index (χ0) is 12.1. The number of hydrogen-bond acceptors (Lipinski definition) is 2. The molecule has 0 aliphatic heterocycles. The predicted molar refractivity (Wildman–Crippen MR) is 69.1 cm³/mol.